The Morgan fingerprint density at radius 1 is 1.28 bits per heavy atom. The van der Waals surface area contributed by atoms with Crippen LogP contribution in [0.1, 0.15) is 38.7 Å². The largest absolute Gasteiger partial charge is 0.378 e. The summed E-state index contributed by atoms with van der Waals surface area (Å²) in [7, 11) is 0. The number of benzene rings is 1. The molecule has 1 aromatic rings. The Bertz CT molecular complexity index is 341. The normalized spacial score (nSPS) is 20.2. The molecule has 2 heteroatoms. The van der Waals surface area contributed by atoms with Gasteiger partial charge in [-0.05, 0) is 31.4 Å². The van der Waals surface area contributed by atoms with Crippen molar-refractivity contribution in [1.29, 1.82) is 0 Å². The first kappa shape index (κ1) is 13.6. The maximum atomic E-state index is 5.63. The van der Waals surface area contributed by atoms with Gasteiger partial charge in [0.2, 0.25) is 0 Å². The minimum Gasteiger partial charge on any atom is -0.378 e. The van der Waals surface area contributed by atoms with Crippen LogP contribution < -0.4 is 5.32 Å². The van der Waals surface area contributed by atoms with Gasteiger partial charge in [0.1, 0.15) is 0 Å². The molecule has 1 aliphatic rings. The maximum absolute atomic E-state index is 5.63. The molecule has 2 rings (SSSR count). The lowest BCUT2D eigenvalue weighted by atomic mass is 9.84. The van der Waals surface area contributed by atoms with Gasteiger partial charge in [0.15, 0.2) is 0 Å². The van der Waals surface area contributed by atoms with Crippen LogP contribution in [0.4, 0.5) is 0 Å². The van der Waals surface area contributed by atoms with E-state index in [1.807, 2.05) is 0 Å². The number of nitrogens with one attached hydrogen (secondary N) is 1. The molecule has 1 aliphatic heterocycles. The average Bonchev–Trinajstić information content (AvgIpc) is 2.89. The van der Waals surface area contributed by atoms with Crippen molar-refractivity contribution in [2.45, 2.75) is 44.6 Å². The first-order valence-corrected chi connectivity index (χ1v) is 7.06. The van der Waals surface area contributed by atoms with Crippen molar-refractivity contribution in [2.75, 3.05) is 19.7 Å². The molecular formula is C16H25NO. The molecule has 1 saturated heterocycles. The molecule has 0 aromatic heterocycles. The van der Waals surface area contributed by atoms with E-state index in [4.69, 9.17) is 4.74 Å². The van der Waals surface area contributed by atoms with Gasteiger partial charge in [0.25, 0.3) is 0 Å². The number of hydrogen-bond donors (Lipinski definition) is 1. The summed E-state index contributed by atoms with van der Waals surface area (Å²) >= 11 is 0. The van der Waals surface area contributed by atoms with E-state index in [0.29, 0.717) is 6.10 Å². The van der Waals surface area contributed by atoms with Crippen molar-refractivity contribution < 1.29 is 4.74 Å². The van der Waals surface area contributed by atoms with Gasteiger partial charge in [-0.15, -0.1) is 0 Å². The predicted molar refractivity (Wildman–Crippen MR) is 75.9 cm³/mol. The first-order chi connectivity index (χ1) is 8.68. The lowest BCUT2D eigenvalue weighted by Gasteiger charge is -2.26. The Morgan fingerprint density at radius 2 is 2.06 bits per heavy atom. The van der Waals surface area contributed by atoms with Gasteiger partial charge in [-0.1, -0.05) is 44.2 Å². The second kappa shape index (κ2) is 6.35. The number of hydrogen-bond acceptors (Lipinski definition) is 2. The van der Waals surface area contributed by atoms with E-state index in [1.165, 1.54) is 18.4 Å². The van der Waals surface area contributed by atoms with Crippen LogP contribution in [0.25, 0.3) is 0 Å². The van der Waals surface area contributed by atoms with Crippen molar-refractivity contribution in [1.82, 2.24) is 5.32 Å². The average molecular weight is 247 g/mol. The lowest BCUT2D eigenvalue weighted by molar-refractivity contribution is 0.104. The third kappa shape index (κ3) is 3.82. The first-order valence-electron chi connectivity index (χ1n) is 7.06. The molecule has 0 spiro atoms. The van der Waals surface area contributed by atoms with Crippen LogP contribution in [-0.4, -0.2) is 25.8 Å². The van der Waals surface area contributed by atoms with Crippen molar-refractivity contribution in [3.8, 4) is 0 Å². The highest BCUT2D eigenvalue weighted by Crippen LogP contribution is 2.21. The molecule has 0 aliphatic carbocycles. The minimum absolute atomic E-state index is 0.192. The zero-order valence-corrected chi connectivity index (χ0v) is 11.6. The summed E-state index contributed by atoms with van der Waals surface area (Å²) in [6.45, 7) is 7.62. The van der Waals surface area contributed by atoms with Crippen LogP contribution in [0.3, 0.4) is 0 Å². The zero-order chi connectivity index (χ0) is 12.8. The topological polar surface area (TPSA) is 21.3 Å². The summed E-state index contributed by atoms with van der Waals surface area (Å²) in [5.41, 5.74) is 1.59. The molecule has 1 unspecified atom stereocenters. The molecule has 100 valence electrons. The van der Waals surface area contributed by atoms with Crippen molar-refractivity contribution in [2.24, 2.45) is 0 Å². The van der Waals surface area contributed by atoms with E-state index in [9.17, 15) is 0 Å². The van der Waals surface area contributed by atoms with Crippen molar-refractivity contribution in [3.05, 3.63) is 35.9 Å². The second-order valence-corrected chi connectivity index (χ2v) is 5.85. The summed E-state index contributed by atoms with van der Waals surface area (Å²) in [5.74, 6) is 0. The van der Waals surface area contributed by atoms with Gasteiger partial charge in [-0.2, -0.15) is 0 Å². The zero-order valence-electron chi connectivity index (χ0n) is 11.6. The van der Waals surface area contributed by atoms with Crippen LogP contribution >= 0.6 is 0 Å². The second-order valence-electron chi connectivity index (χ2n) is 5.85. The fourth-order valence-electron chi connectivity index (χ4n) is 2.53. The fourth-order valence-corrected chi connectivity index (χ4v) is 2.53. The van der Waals surface area contributed by atoms with Gasteiger partial charge in [0, 0.05) is 18.6 Å². The molecule has 0 bridgehead atoms. The van der Waals surface area contributed by atoms with Crippen LogP contribution in [0.2, 0.25) is 0 Å². The maximum Gasteiger partial charge on any atom is 0.0588 e. The van der Waals surface area contributed by atoms with E-state index in [-0.39, 0.29) is 5.41 Å². The van der Waals surface area contributed by atoms with Crippen LogP contribution in [0, 0.1) is 0 Å². The van der Waals surface area contributed by atoms with Gasteiger partial charge in [-0.3, -0.25) is 0 Å². The predicted octanol–water partition coefficient (Wildman–Crippen LogP) is 3.12. The van der Waals surface area contributed by atoms with E-state index in [1.54, 1.807) is 0 Å². The van der Waals surface area contributed by atoms with E-state index in [2.05, 4.69) is 49.5 Å². The highest BCUT2D eigenvalue weighted by Gasteiger charge is 2.20. The molecular weight excluding hydrogens is 222 g/mol. The van der Waals surface area contributed by atoms with Gasteiger partial charge >= 0.3 is 0 Å². The fraction of sp³-hybridized carbons (Fsp3) is 0.625. The highest BCUT2D eigenvalue weighted by atomic mass is 16.5. The summed E-state index contributed by atoms with van der Waals surface area (Å²) in [5, 5.41) is 3.57. The smallest absolute Gasteiger partial charge is 0.0588 e. The SMILES string of the molecule is CC(C)(CNCCC1CCCO1)c1ccccc1. The molecule has 1 N–H and O–H groups in total. The molecule has 0 amide bonds. The van der Waals surface area contributed by atoms with Crippen LogP contribution in [-0.2, 0) is 10.2 Å². The quantitative estimate of drug-likeness (QED) is 0.780. The molecule has 0 radical (unpaired) electrons. The summed E-state index contributed by atoms with van der Waals surface area (Å²) in [6.07, 6.45) is 4.12. The summed E-state index contributed by atoms with van der Waals surface area (Å²) < 4.78 is 5.63. The van der Waals surface area contributed by atoms with Crippen molar-refractivity contribution in [3.63, 3.8) is 0 Å². The molecule has 1 aromatic carbocycles. The molecule has 0 saturated carbocycles. The van der Waals surface area contributed by atoms with Gasteiger partial charge in [0.05, 0.1) is 6.10 Å². The Balaban J connectivity index is 1.71. The standard InChI is InChI=1S/C16H25NO/c1-16(2,14-7-4-3-5-8-14)13-17-11-10-15-9-6-12-18-15/h3-5,7-8,15,17H,6,9-13H2,1-2H3. The number of ether oxygens (including phenoxy) is 1. The van der Waals surface area contributed by atoms with E-state index >= 15 is 0 Å². The Morgan fingerprint density at radius 3 is 2.72 bits per heavy atom. The van der Waals surface area contributed by atoms with Crippen molar-refractivity contribution >= 4 is 0 Å². The van der Waals surface area contributed by atoms with Crippen LogP contribution in [0.5, 0.6) is 0 Å². The third-order valence-corrected chi connectivity index (χ3v) is 3.79. The van der Waals surface area contributed by atoms with Gasteiger partial charge < -0.3 is 10.1 Å². The Hall–Kier alpha value is -0.860. The molecule has 18 heavy (non-hydrogen) atoms. The highest BCUT2D eigenvalue weighted by molar-refractivity contribution is 5.23. The van der Waals surface area contributed by atoms with E-state index in [0.717, 1.165) is 26.1 Å². The summed E-state index contributed by atoms with van der Waals surface area (Å²) in [4.78, 5) is 0. The monoisotopic (exact) mass is 247 g/mol. The molecule has 1 heterocycles. The van der Waals surface area contributed by atoms with Crippen LogP contribution in [0.15, 0.2) is 30.3 Å². The lowest BCUT2D eigenvalue weighted by Crippen LogP contribution is -2.34. The molecule has 1 fully saturated rings. The molecule has 1 atom stereocenters. The van der Waals surface area contributed by atoms with Gasteiger partial charge in [-0.25, -0.2) is 0 Å². The third-order valence-electron chi connectivity index (χ3n) is 3.79. The molecule has 2 nitrogen and oxygen atoms in total. The summed E-state index contributed by atoms with van der Waals surface area (Å²) in [6, 6.07) is 10.7. The number of rotatable bonds is 6. The Labute approximate surface area is 111 Å². The Kier molecular flexibility index (Phi) is 4.79. The minimum atomic E-state index is 0.192. The van der Waals surface area contributed by atoms with E-state index < -0.39 is 0 Å².